The first-order valence-electron chi connectivity index (χ1n) is 9.37. The van der Waals surface area contributed by atoms with Crippen LogP contribution in [-0.4, -0.2) is 24.3 Å². The third-order valence-electron chi connectivity index (χ3n) is 4.46. The molecule has 2 aromatic carbocycles. The van der Waals surface area contributed by atoms with Crippen LogP contribution >= 0.6 is 0 Å². The van der Waals surface area contributed by atoms with Crippen molar-refractivity contribution in [3.8, 4) is 16.9 Å². The first-order chi connectivity index (χ1) is 13.4. The number of alkyl carbamates (subject to hydrolysis) is 1. The van der Waals surface area contributed by atoms with Crippen molar-refractivity contribution in [3.05, 3.63) is 53.1 Å². The molecule has 1 heterocycles. The number of ether oxygens (including phenoxy) is 2. The molecule has 1 aliphatic heterocycles. The lowest BCUT2D eigenvalue weighted by molar-refractivity contribution is -0.139. The SMILES string of the molecule is Cc1ccc(-c2cc3c(c(C(F)(F)F)c2)OC(CNC(=O)OC(C)(C)C)C3)cc1. The van der Waals surface area contributed by atoms with Crippen molar-refractivity contribution in [3.63, 3.8) is 0 Å². The molecule has 4 nitrogen and oxygen atoms in total. The number of aryl methyl sites for hydroxylation is 1. The summed E-state index contributed by atoms with van der Waals surface area (Å²) >= 11 is 0. The molecular weight excluding hydrogens is 383 g/mol. The number of rotatable bonds is 3. The van der Waals surface area contributed by atoms with Gasteiger partial charge in [0, 0.05) is 6.42 Å². The Kier molecular flexibility index (Phi) is 5.52. The molecule has 0 saturated heterocycles. The summed E-state index contributed by atoms with van der Waals surface area (Å²) in [5, 5.41) is 2.56. The van der Waals surface area contributed by atoms with E-state index in [4.69, 9.17) is 9.47 Å². The second-order valence-corrected chi connectivity index (χ2v) is 8.20. The van der Waals surface area contributed by atoms with E-state index in [0.717, 1.165) is 11.6 Å². The molecule has 1 atom stereocenters. The quantitative estimate of drug-likeness (QED) is 0.730. The van der Waals surface area contributed by atoms with E-state index < -0.39 is 29.5 Å². The Hall–Kier alpha value is -2.70. The van der Waals surface area contributed by atoms with Gasteiger partial charge in [-0.1, -0.05) is 29.8 Å². The molecule has 0 saturated carbocycles. The van der Waals surface area contributed by atoms with Crippen molar-refractivity contribution in [2.75, 3.05) is 6.54 Å². The predicted molar refractivity (Wildman–Crippen MR) is 104 cm³/mol. The first-order valence-corrected chi connectivity index (χ1v) is 9.37. The summed E-state index contributed by atoms with van der Waals surface area (Å²) in [6.07, 6.45) is -5.49. The molecule has 0 aromatic heterocycles. The van der Waals surface area contributed by atoms with Crippen molar-refractivity contribution in [1.29, 1.82) is 0 Å². The number of hydrogen-bond acceptors (Lipinski definition) is 3. The number of hydrogen-bond donors (Lipinski definition) is 1. The average molecular weight is 407 g/mol. The maximum atomic E-state index is 13.7. The highest BCUT2D eigenvalue weighted by Crippen LogP contribution is 2.44. The van der Waals surface area contributed by atoms with E-state index in [2.05, 4.69) is 5.32 Å². The largest absolute Gasteiger partial charge is 0.487 e. The van der Waals surface area contributed by atoms with Crippen LogP contribution in [0.2, 0.25) is 0 Å². The van der Waals surface area contributed by atoms with E-state index in [1.807, 2.05) is 19.1 Å². The van der Waals surface area contributed by atoms with Gasteiger partial charge in [0.1, 0.15) is 17.5 Å². The maximum absolute atomic E-state index is 13.7. The number of fused-ring (bicyclic) bond motifs is 1. The third-order valence-corrected chi connectivity index (χ3v) is 4.46. The van der Waals surface area contributed by atoms with Gasteiger partial charge < -0.3 is 14.8 Å². The van der Waals surface area contributed by atoms with Gasteiger partial charge in [-0.15, -0.1) is 0 Å². The molecule has 0 fully saturated rings. The molecule has 2 aromatic rings. The van der Waals surface area contributed by atoms with Gasteiger partial charge in [-0.25, -0.2) is 4.79 Å². The van der Waals surface area contributed by atoms with Crippen molar-refractivity contribution in [2.45, 2.75) is 52.0 Å². The van der Waals surface area contributed by atoms with Crippen LogP contribution in [0.25, 0.3) is 11.1 Å². The number of amides is 1. The van der Waals surface area contributed by atoms with Gasteiger partial charge in [0.2, 0.25) is 0 Å². The molecule has 1 N–H and O–H groups in total. The number of alkyl halides is 3. The summed E-state index contributed by atoms with van der Waals surface area (Å²) in [4.78, 5) is 11.8. The molecule has 0 radical (unpaired) electrons. The summed E-state index contributed by atoms with van der Waals surface area (Å²) in [6.45, 7) is 7.18. The lowest BCUT2D eigenvalue weighted by atomic mass is 9.96. The van der Waals surface area contributed by atoms with Crippen molar-refractivity contribution >= 4 is 6.09 Å². The van der Waals surface area contributed by atoms with Crippen molar-refractivity contribution in [2.24, 2.45) is 0 Å². The lowest BCUT2D eigenvalue weighted by Crippen LogP contribution is -2.38. The summed E-state index contributed by atoms with van der Waals surface area (Å²) < 4.78 is 51.7. The Morgan fingerprint density at radius 2 is 1.79 bits per heavy atom. The minimum atomic E-state index is -4.54. The standard InChI is InChI=1S/C22H24F3NO3/c1-13-5-7-14(8-6-13)15-9-16-10-17(12-26-20(27)29-21(2,3)4)28-19(16)18(11-15)22(23,24)25/h5-9,11,17H,10,12H2,1-4H3,(H,26,27). The van der Waals surface area contributed by atoms with Crippen LogP contribution < -0.4 is 10.1 Å². The molecule has 1 amide bonds. The molecule has 0 bridgehead atoms. The van der Waals surface area contributed by atoms with E-state index in [0.29, 0.717) is 16.7 Å². The molecule has 0 aliphatic carbocycles. The monoisotopic (exact) mass is 407 g/mol. The topological polar surface area (TPSA) is 47.6 Å². The van der Waals surface area contributed by atoms with Crippen LogP contribution in [0.5, 0.6) is 5.75 Å². The van der Waals surface area contributed by atoms with Gasteiger partial charge in [-0.3, -0.25) is 0 Å². The van der Waals surface area contributed by atoms with Gasteiger partial charge in [0.15, 0.2) is 0 Å². The number of carbonyl (C=O) groups is 1. The van der Waals surface area contributed by atoms with Crippen LogP contribution in [0.1, 0.15) is 37.5 Å². The van der Waals surface area contributed by atoms with Crippen molar-refractivity contribution in [1.82, 2.24) is 5.32 Å². The van der Waals surface area contributed by atoms with E-state index in [1.165, 1.54) is 0 Å². The second-order valence-electron chi connectivity index (χ2n) is 8.20. The molecule has 3 rings (SSSR count). The lowest BCUT2D eigenvalue weighted by Gasteiger charge is -2.20. The number of benzene rings is 2. The molecule has 7 heteroatoms. The molecule has 29 heavy (non-hydrogen) atoms. The fourth-order valence-electron chi connectivity index (χ4n) is 3.18. The van der Waals surface area contributed by atoms with Crippen LogP contribution in [-0.2, 0) is 17.3 Å². The molecule has 156 valence electrons. The highest BCUT2D eigenvalue weighted by atomic mass is 19.4. The fourth-order valence-corrected chi connectivity index (χ4v) is 3.18. The molecular formula is C22H24F3NO3. The number of halogens is 3. The zero-order chi connectivity index (χ0) is 21.4. The Bertz CT molecular complexity index is 899. The van der Waals surface area contributed by atoms with E-state index in [1.54, 1.807) is 39.0 Å². The first kappa shape index (κ1) is 21.0. The summed E-state index contributed by atoms with van der Waals surface area (Å²) in [5.74, 6) is -0.163. The van der Waals surface area contributed by atoms with Gasteiger partial charge in [0.25, 0.3) is 0 Å². The van der Waals surface area contributed by atoms with E-state index >= 15 is 0 Å². The van der Waals surface area contributed by atoms with E-state index in [9.17, 15) is 18.0 Å². The van der Waals surface area contributed by atoms with E-state index in [-0.39, 0.29) is 18.7 Å². The summed E-state index contributed by atoms with van der Waals surface area (Å²) in [5.41, 5.74) is 1.25. The Morgan fingerprint density at radius 3 is 2.38 bits per heavy atom. The zero-order valence-corrected chi connectivity index (χ0v) is 16.8. The van der Waals surface area contributed by atoms with Gasteiger partial charge >= 0.3 is 12.3 Å². The van der Waals surface area contributed by atoms with Crippen LogP contribution in [0, 0.1) is 6.92 Å². The summed E-state index contributed by atoms with van der Waals surface area (Å²) in [7, 11) is 0. The predicted octanol–water partition coefficient (Wildman–Crippen LogP) is 5.51. The molecule has 0 spiro atoms. The highest BCUT2D eigenvalue weighted by Gasteiger charge is 2.39. The molecule has 1 aliphatic rings. The van der Waals surface area contributed by atoms with Crippen LogP contribution in [0.15, 0.2) is 36.4 Å². The smallest absolute Gasteiger partial charge is 0.419 e. The Morgan fingerprint density at radius 1 is 1.14 bits per heavy atom. The molecule has 1 unspecified atom stereocenters. The number of carbonyl (C=O) groups excluding carboxylic acids is 1. The number of nitrogens with one attached hydrogen (secondary N) is 1. The van der Waals surface area contributed by atoms with Crippen LogP contribution in [0.3, 0.4) is 0 Å². The fraction of sp³-hybridized carbons (Fsp3) is 0.409. The van der Waals surface area contributed by atoms with Gasteiger partial charge in [-0.05, 0) is 56.5 Å². The third kappa shape index (κ3) is 5.22. The van der Waals surface area contributed by atoms with Gasteiger partial charge in [-0.2, -0.15) is 13.2 Å². The second kappa shape index (κ2) is 7.61. The highest BCUT2D eigenvalue weighted by molar-refractivity contribution is 5.69. The Labute approximate surface area is 168 Å². The minimum absolute atomic E-state index is 0.0563. The van der Waals surface area contributed by atoms with Gasteiger partial charge in [0.05, 0.1) is 12.1 Å². The Balaban J connectivity index is 1.82. The van der Waals surface area contributed by atoms with Crippen LogP contribution in [0.4, 0.5) is 18.0 Å². The maximum Gasteiger partial charge on any atom is 0.419 e. The zero-order valence-electron chi connectivity index (χ0n) is 16.8. The normalized spacial score (nSPS) is 16.2. The average Bonchev–Trinajstić information content (AvgIpc) is 3.00. The van der Waals surface area contributed by atoms with Crippen molar-refractivity contribution < 1.29 is 27.4 Å². The summed E-state index contributed by atoms with van der Waals surface area (Å²) in [6, 6.07) is 10.2. The minimum Gasteiger partial charge on any atom is -0.487 e.